The van der Waals surface area contributed by atoms with Gasteiger partial charge < -0.3 is 10.6 Å². The number of nitrogens with one attached hydrogen (secondary N) is 1. The molecule has 1 aliphatic carbocycles. The van der Waals surface area contributed by atoms with Crippen LogP contribution in [0.5, 0.6) is 0 Å². The molecule has 2 aliphatic rings. The molecule has 0 spiro atoms. The fraction of sp³-hybridized carbons (Fsp3) is 0.100. The molecule has 0 amide bonds. The number of aromatic nitrogens is 1. The number of hydrogen-bond acceptors (Lipinski definition) is 2. The summed E-state index contributed by atoms with van der Waals surface area (Å²) in [5.74, 6) is 0. The van der Waals surface area contributed by atoms with E-state index in [9.17, 15) is 18.4 Å². The first kappa shape index (κ1) is 10.5. The molecule has 0 aromatic rings. The summed E-state index contributed by atoms with van der Waals surface area (Å²) in [6.07, 6.45) is -3.57. The average molecular weight is 228 g/mol. The molecule has 2 N–H and O–H groups in total. The third-order valence-corrected chi connectivity index (χ3v) is 2.22. The normalized spacial score (nSPS) is 11.9. The summed E-state index contributed by atoms with van der Waals surface area (Å²) in [4.78, 5) is 0. The van der Waals surface area contributed by atoms with E-state index in [1.54, 1.807) is 0 Å². The molecule has 0 aromatic carbocycles. The SMILES string of the molecule is N=c1ccc2c(C(F)(F)F)ccn(O)c-2c1. The molecule has 0 saturated carbocycles. The van der Waals surface area contributed by atoms with E-state index in [0.717, 1.165) is 12.3 Å². The molecule has 3 nitrogen and oxygen atoms in total. The second-order valence-electron chi connectivity index (χ2n) is 3.30. The summed E-state index contributed by atoms with van der Waals surface area (Å²) in [5, 5.41) is 16.7. The summed E-state index contributed by atoms with van der Waals surface area (Å²) in [7, 11) is 0. The Morgan fingerprint density at radius 3 is 2.50 bits per heavy atom. The van der Waals surface area contributed by atoms with Crippen molar-refractivity contribution in [2.24, 2.45) is 0 Å². The van der Waals surface area contributed by atoms with Crippen molar-refractivity contribution in [1.82, 2.24) is 4.73 Å². The average Bonchev–Trinajstić information content (AvgIpc) is 2.17. The van der Waals surface area contributed by atoms with E-state index >= 15 is 0 Å². The van der Waals surface area contributed by atoms with Crippen LogP contribution in [0.2, 0.25) is 0 Å². The van der Waals surface area contributed by atoms with Gasteiger partial charge in [0.05, 0.1) is 16.6 Å². The number of nitrogens with zero attached hydrogens (tertiary/aromatic N) is 1. The van der Waals surface area contributed by atoms with E-state index in [0.29, 0.717) is 4.73 Å². The van der Waals surface area contributed by atoms with Gasteiger partial charge in [-0.25, -0.2) is 0 Å². The van der Waals surface area contributed by atoms with Crippen molar-refractivity contribution >= 4 is 0 Å². The van der Waals surface area contributed by atoms with Crippen LogP contribution in [0, 0.1) is 5.41 Å². The van der Waals surface area contributed by atoms with Crippen molar-refractivity contribution in [2.45, 2.75) is 6.18 Å². The number of hydrogen-bond donors (Lipinski definition) is 2. The highest BCUT2D eigenvalue weighted by molar-refractivity contribution is 5.65. The van der Waals surface area contributed by atoms with Crippen molar-refractivity contribution in [3.05, 3.63) is 41.4 Å². The van der Waals surface area contributed by atoms with Gasteiger partial charge >= 0.3 is 6.18 Å². The lowest BCUT2D eigenvalue weighted by Gasteiger charge is -2.16. The van der Waals surface area contributed by atoms with Crippen LogP contribution in [0.3, 0.4) is 0 Å². The van der Waals surface area contributed by atoms with Crippen LogP contribution in [0.4, 0.5) is 13.2 Å². The van der Waals surface area contributed by atoms with Gasteiger partial charge in [0.2, 0.25) is 0 Å². The van der Waals surface area contributed by atoms with Crippen molar-refractivity contribution in [1.29, 1.82) is 5.41 Å². The molecule has 0 saturated heterocycles. The second kappa shape index (κ2) is 3.26. The van der Waals surface area contributed by atoms with Crippen molar-refractivity contribution < 1.29 is 18.4 Å². The van der Waals surface area contributed by atoms with E-state index in [2.05, 4.69) is 0 Å². The Morgan fingerprint density at radius 1 is 1.19 bits per heavy atom. The predicted octanol–water partition coefficient (Wildman–Crippen LogP) is 2.33. The molecule has 16 heavy (non-hydrogen) atoms. The lowest BCUT2D eigenvalue weighted by atomic mass is 10.0. The Balaban J connectivity index is 2.82. The summed E-state index contributed by atoms with van der Waals surface area (Å²) in [5.41, 5.74) is -0.997. The number of pyridine rings is 1. The number of fused-ring (bicyclic) bond motifs is 1. The lowest BCUT2D eigenvalue weighted by molar-refractivity contribution is -0.137. The Hall–Kier alpha value is -1.98. The van der Waals surface area contributed by atoms with E-state index in [1.165, 1.54) is 18.2 Å². The molecule has 0 radical (unpaired) electrons. The highest BCUT2D eigenvalue weighted by Gasteiger charge is 2.34. The third-order valence-electron chi connectivity index (χ3n) is 2.22. The van der Waals surface area contributed by atoms with Gasteiger partial charge in [-0.15, -0.1) is 0 Å². The van der Waals surface area contributed by atoms with Gasteiger partial charge in [0.15, 0.2) is 0 Å². The molecule has 0 unspecified atom stereocenters. The zero-order valence-electron chi connectivity index (χ0n) is 7.92. The largest absolute Gasteiger partial charge is 0.428 e. The quantitative estimate of drug-likeness (QED) is 0.668. The number of halogens is 3. The molecular formula is C10H7F3N2O. The smallest absolute Gasteiger partial charge is 0.417 e. The maximum atomic E-state index is 12.6. The van der Waals surface area contributed by atoms with Crippen LogP contribution in [-0.2, 0) is 6.18 Å². The highest BCUT2D eigenvalue weighted by atomic mass is 19.4. The van der Waals surface area contributed by atoms with Gasteiger partial charge in [-0.2, -0.15) is 17.9 Å². The van der Waals surface area contributed by atoms with Crippen LogP contribution in [0.25, 0.3) is 11.3 Å². The van der Waals surface area contributed by atoms with Crippen LogP contribution in [-0.4, -0.2) is 9.94 Å². The van der Waals surface area contributed by atoms with E-state index in [4.69, 9.17) is 5.41 Å². The van der Waals surface area contributed by atoms with Crippen LogP contribution < -0.4 is 5.36 Å². The highest BCUT2D eigenvalue weighted by Crippen LogP contribution is 2.36. The fourth-order valence-corrected chi connectivity index (χ4v) is 1.51. The summed E-state index contributed by atoms with van der Waals surface area (Å²) in [6, 6.07) is 4.39. The minimum atomic E-state index is -4.48. The van der Waals surface area contributed by atoms with E-state index in [-0.39, 0.29) is 16.6 Å². The minimum absolute atomic E-state index is 0.0367. The standard InChI is InChI=1S/C10H7F3N2O/c11-10(12,13)8-3-4-15(16)9-5-6(14)1-2-7(8)9/h1-5,14,16H. The van der Waals surface area contributed by atoms with Gasteiger partial charge in [-0.1, -0.05) is 6.07 Å². The topological polar surface area (TPSA) is 49.0 Å². The fourth-order valence-electron chi connectivity index (χ4n) is 1.51. The monoisotopic (exact) mass is 228 g/mol. The van der Waals surface area contributed by atoms with Crippen LogP contribution >= 0.6 is 0 Å². The summed E-state index contributed by atoms with van der Waals surface area (Å²) in [6.45, 7) is 0. The Morgan fingerprint density at radius 2 is 1.88 bits per heavy atom. The van der Waals surface area contributed by atoms with Gasteiger partial charge in [0.25, 0.3) is 0 Å². The van der Waals surface area contributed by atoms with Gasteiger partial charge in [0.1, 0.15) is 0 Å². The molecule has 84 valence electrons. The zero-order chi connectivity index (χ0) is 11.9. The van der Waals surface area contributed by atoms with Crippen LogP contribution in [0.1, 0.15) is 5.56 Å². The Bertz CT molecular complexity index is 559. The van der Waals surface area contributed by atoms with Crippen molar-refractivity contribution in [2.75, 3.05) is 0 Å². The predicted molar refractivity (Wildman–Crippen MR) is 49.1 cm³/mol. The first-order chi connectivity index (χ1) is 7.39. The number of benzene rings is 1. The van der Waals surface area contributed by atoms with Gasteiger partial charge in [-0.3, -0.25) is 0 Å². The Labute approximate surface area is 88.2 Å². The molecule has 0 aromatic heterocycles. The molecule has 1 heterocycles. The zero-order valence-corrected chi connectivity index (χ0v) is 7.92. The molecule has 0 bridgehead atoms. The van der Waals surface area contributed by atoms with E-state index in [1.807, 2.05) is 0 Å². The Kier molecular flexibility index (Phi) is 2.15. The molecule has 6 heteroatoms. The molecule has 1 aliphatic heterocycles. The second-order valence-corrected chi connectivity index (χ2v) is 3.30. The van der Waals surface area contributed by atoms with Crippen molar-refractivity contribution in [3.63, 3.8) is 0 Å². The maximum absolute atomic E-state index is 12.6. The maximum Gasteiger partial charge on any atom is 0.417 e. The lowest BCUT2D eigenvalue weighted by Crippen LogP contribution is -2.13. The van der Waals surface area contributed by atoms with E-state index < -0.39 is 11.7 Å². The van der Waals surface area contributed by atoms with Gasteiger partial charge in [-0.05, 0) is 18.2 Å². The molecule has 0 fully saturated rings. The first-order valence-corrected chi connectivity index (χ1v) is 4.36. The van der Waals surface area contributed by atoms with Crippen molar-refractivity contribution in [3.8, 4) is 11.3 Å². The molecule has 0 atom stereocenters. The third kappa shape index (κ3) is 1.62. The number of alkyl halides is 3. The summed E-state index contributed by atoms with van der Waals surface area (Å²) >= 11 is 0. The first-order valence-electron chi connectivity index (χ1n) is 4.36. The minimum Gasteiger partial charge on any atom is -0.428 e. The summed E-state index contributed by atoms with van der Waals surface area (Å²) < 4.78 is 38.4. The molecular weight excluding hydrogens is 221 g/mol. The number of rotatable bonds is 0. The molecule has 2 rings (SSSR count). The van der Waals surface area contributed by atoms with Crippen LogP contribution in [0.15, 0.2) is 30.5 Å². The van der Waals surface area contributed by atoms with Gasteiger partial charge in [0, 0.05) is 11.8 Å².